The van der Waals surface area contributed by atoms with E-state index in [4.69, 9.17) is 11.5 Å². The standard InChI is InChI=1S/C12H15N3O4S/c1-4-7-15(9-12(16)17)11-6-5-10(8-13-11)20(18,19)14(2)3/h1,5-6,8H,7,9H2,2-3H3,(H,16,17). The van der Waals surface area contributed by atoms with E-state index < -0.39 is 16.0 Å². The Hall–Kier alpha value is -2.11. The van der Waals surface area contributed by atoms with Crippen LogP contribution >= 0.6 is 0 Å². The normalized spacial score (nSPS) is 11.1. The van der Waals surface area contributed by atoms with Gasteiger partial charge in [-0.15, -0.1) is 6.42 Å². The molecule has 1 heterocycles. The van der Waals surface area contributed by atoms with Crippen LogP contribution in [0, 0.1) is 12.3 Å². The molecule has 0 unspecified atom stereocenters. The molecule has 1 aromatic heterocycles. The van der Waals surface area contributed by atoms with E-state index >= 15 is 0 Å². The van der Waals surface area contributed by atoms with Gasteiger partial charge in [0.2, 0.25) is 10.0 Å². The quantitative estimate of drug-likeness (QED) is 0.735. The Balaban J connectivity index is 3.06. The van der Waals surface area contributed by atoms with E-state index in [9.17, 15) is 13.2 Å². The van der Waals surface area contributed by atoms with Gasteiger partial charge in [-0.3, -0.25) is 4.79 Å². The summed E-state index contributed by atoms with van der Waals surface area (Å²) in [5.74, 6) is 1.59. The summed E-state index contributed by atoms with van der Waals surface area (Å²) in [6.45, 7) is -0.240. The molecule has 0 atom stereocenters. The maximum atomic E-state index is 11.9. The Labute approximate surface area is 117 Å². The van der Waals surface area contributed by atoms with Crippen LogP contribution in [0.2, 0.25) is 0 Å². The van der Waals surface area contributed by atoms with E-state index in [0.717, 1.165) is 4.31 Å². The van der Waals surface area contributed by atoms with Gasteiger partial charge in [0.05, 0.1) is 6.54 Å². The van der Waals surface area contributed by atoms with Crippen LogP contribution in [0.4, 0.5) is 5.82 Å². The number of carbonyl (C=O) groups is 1. The van der Waals surface area contributed by atoms with E-state index in [2.05, 4.69) is 10.9 Å². The van der Waals surface area contributed by atoms with Crippen molar-refractivity contribution < 1.29 is 18.3 Å². The lowest BCUT2D eigenvalue weighted by atomic mass is 10.4. The Kier molecular flexibility index (Phi) is 5.07. The molecule has 0 spiro atoms. The van der Waals surface area contributed by atoms with Crippen LogP contribution in [0.25, 0.3) is 0 Å². The Morgan fingerprint density at radius 3 is 2.50 bits per heavy atom. The molecule has 108 valence electrons. The van der Waals surface area contributed by atoms with Gasteiger partial charge in [-0.1, -0.05) is 5.92 Å². The topological polar surface area (TPSA) is 90.8 Å². The van der Waals surface area contributed by atoms with Crippen LogP contribution in [-0.4, -0.2) is 56.0 Å². The Bertz CT molecular complexity index is 617. The second-order valence-corrected chi connectivity index (χ2v) is 6.25. The van der Waals surface area contributed by atoms with Gasteiger partial charge in [0, 0.05) is 20.3 Å². The van der Waals surface area contributed by atoms with Crippen LogP contribution in [0.1, 0.15) is 0 Å². The van der Waals surface area contributed by atoms with E-state index in [0.29, 0.717) is 5.82 Å². The molecule has 0 fully saturated rings. The van der Waals surface area contributed by atoms with Crippen molar-refractivity contribution in [3.63, 3.8) is 0 Å². The fourth-order valence-corrected chi connectivity index (χ4v) is 2.26. The van der Waals surface area contributed by atoms with Gasteiger partial charge < -0.3 is 10.0 Å². The highest BCUT2D eigenvalue weighted by atomic mass is 32.2. The monoisotopic (exact) mass is 297 g/mol. The summed E-state index contributed by atoms with van der Waals surface area (Å²) in [5, 5.41) is 8.79. The van der Waals surface area contributed by atoms with Crippen LogP contribution in [0.3, 0.4) is 0 Å². The maximum absolute atomic E-state index is 11.9. The van der Waals surface area contributed by atoms with Gasteiger partial charge in [0.1, 0.15) is 17.3 Å². The predicted molar refractivity (Wildman–Crippen MR) is 73.8 cm³/mol. The first-order valence-corrected chi connectivity index (χ1v) is 7.02. The highest BCUT2D eigenvalue weighted by Gasteiger charge is 2.18. The SMILES string of the molecule is C#CCN(CC(=O)O)c1ccc(S(=O)(=O)N(C)C)cn1. The average molecular weight is 297 g/mol. The Morgan fingerprint density at radius 2 is 2.10 bits per heavy atom. The highest BCUT2D eigenvalue weighted by molar-refractivity contribution is 7.89. The molecule has 0 aliphatic heterocycles. The molecule has 0 radical (unpaired) electrons. The number of carboxylic acid groups (broad SMARTS) is 1. The number of terminal acetylenes is 1. The third-order valence-corrected chi connectivity index (χ3v) is 4.23. The predicted octanol–water partition coefficient (Wildman–Crippen LogP) is -0.144. The zero-order valence-corrected chi connectivity index (χ0v) is 12.0. The molecule has 0 saturated carbocycles. The molecule has 1 rings (SSSR count). The van der Waals surface area contributed by atoms with Crippen LogP contribution < -0.4 is 4.90 Å². The largest absolute Gasteiger partial charge is 0.480 e. The zero-order chi connectivity index (χ0) is 15.3. The van der Waals surface area contributed by atoms with Crippen molar-refractivity contribution in [1.29, 1.82) is 0 Å². The summed E-state index contributed by atoms with van der Waals surface area (Å²) in [7, 11) is -0.729. The fraction of sp³-hybridized carbons (Fsp3) is 0.333. The molecule has 0 aliphatic carbocycles. The van der Waals surface area contributed by atoms with Crippen molar-refractivity contribution >= 4 is 21.8 Å². The van der Waals surface area contributed by atoms with E-state index in [-0.39, 0.29) is 18.0 Å². The fourth-order valence-electron chi connectivity index (χ4n) is 1.41. The van der Waals surface area contributed by atoms with Crippen LogP contribution in [-0.2, 0) is 14.8 Å². The number of aromatic nitrogens is 1. The summed E-state index contributed by atoms with van der Waals surface area (Å²) >= 11 is 0. The van der Waals surface area contributed by atoms with Crippen molar-refractivity contribution in [3.8, 4) is 12.3 Å². The van der Waals surface area contributed by atoms with Crippen molar-refractivity contribution in [2.75, 3.05) is 32.1 Å². The first kappa shape index (κ1) is 15.9. The number of hydrogen-bond donors (Lipinski definition) is 1. The lowest BCUT2D eigenvalue weighted by Gasteiger charge is -2.19. The number of rotatable bonds is 6. The second-order valence-electron chi connectivity index (χ2n) is 4.09. The molecule has 1 N–H and O–H groups in total. The maximum Gasteiger partial charge on any atom is 0.323 e. The van der Waals surface area contributed by atoms with E-state index in [1.165, 1.54) is 37.3 Å². The van der Waals surface area contributed by atoms with E-state index in [1.807, 2.05) is 0 Å². The molecule has 1 aromatic rings. The molecular weight excluding hydrogens is 282 g/mol. The smallest absolute Gasteiger partial charge is 0.323 e. The molecular formula is C12H15N3O4S. The van der Waals surface area contributed by atoms with Crippen molar-refractivity contribution in [3.05, 3.63) is 18.3 Å². The number of pyridine rings is 1. The van der Waals surface area contributed by atoms with Crippen molar-refractivity contribution in [1.82, 2.24) is 9.29 Å². The lowest BCUT2D eigenvalue weighted by molar-refractivity contribution is -0.135. The van der Waals surface area contributed by atoms with Gasteiger partial charge in [-0.25, -0.2) is 17.7 Å². The van der Waals surface area contributed by atoms with Gasteiger partial charge >= 0.3 is 5.97 Å². The minimum Gasteiger partial charge on any atom is -0.480 e. The number of carboxylic acids is 1. The summed E-state index contributed by atoms with van der Waals surface area (Å²) in [4.78, 5) is 16.1. The Morgan fingerprint density at radius 1 is 1.45 bits per heavy atom. The molecule has 7 nitrogen and oxygen atoms in total. The summed E-state index contributed by atoms with van der Waals surface area (Å²) in [6, 6.07) is 2.79. The molecule has 8 heteroatoms. The third kappa shape index (κ3) is 3.69. The van der Waals surface area contributed by atoms with Crippen molar-refractivity contribution in [2.24, 2.45) is 0 Å². The summed E-state index contributed by atoms with van der Waals surface area (Å²) < 4.78 is 24.8. The summed E-state index contributed by atoms with van der Waals surface area (Å²) in [5.41, 5.74) is 0. The first-order chi connectivity index (χ1) is 9.28. The molecule has 0 bridgehead atoms. The number of nitrogens with zero attached hydrogens (tertiary/aromatic N) is 3. The minimum atomic E-state index is -3.56. The molecule has 0 aromatic carbocycles. The number of sulfonamides is 1. The summed E-state index contributed by atoms with van der Waals surface area (Å²) in [6.07, 6.45) is 6.34. The lowest BCUT2D eigenvalue weighted by Crippen LogP contribution is -2.31. The molecule has 0 amide bonds. The molecule has 20 heavy (non-hydrogen) atoms. The van der Waals surface area contributed by atoms with Gasteiger partial charge in [0.15, 0.2) is 0 Å². The first-order valence-electron chi connectivity index (χ1n) is 5.58. The van der Waals surface area contributed by atoms with E-state index in [1.54, 1.807) is 0 Å². The van der Waals surface area contributed by atoms with Gasteiger partial charge in [0.25, 0.3) is 0 Å². The number of hydrogen-bond acceptors (Lipinski definition) is 5. The van der Waals surface area contributed by atoms with Crippen LogP contribution in [0.15, 0.2) is 23.2 Å². The minimum absolute atomic E-state index is 0.0298. The van der Waals surface area contributed by atoms with Crippen LogP contribution in [0.5, 0.6) is 0 Å². The van der Waals surface area contributed by atoms with Gasteiger partial charge in [-0.05, 0) is 12.1 Å². The van der Waals surface area contributed by atoms with Crippen molar-refractivity contribution in [2.45, 2.75) is 4.90 Å². The third-order valence-electron chi connectivity index (χ3n) is 2.43. The van der Waals surface area contributed by atoms with Gasteiger partial charge in [-0.2, -0.15) is 0 Å². The molecule has 0 saturated heterocycles. The number of aliphatic carboxylic acids is 1. The second kappa shape index (κ2) is 6.36. The number of anilines is 1. The zero-order valence-electron chi connectivity index (χ0n) is 11.1. The average Bonchev–Trinajstić information content (AvgIpc) is 2.37. The molecule has 0 aliphatic rings. The highest BCUT2D eigenvalue weighted by Crippen LogP contribution is 2.16.